The Balaban J connectivity index is 0. The number of aliphatic hydroxyl groups is 2. The molecule has 8 heteroatoms. The number of carbonyl (C=O) groups excluding carboxylic acids is 1. The largest absolute Gasteiger partial charge is 0.672 e. The number of nitrogens with one attached hydrogen (secondary N) is 1. The van der Waals surface area contributed by atoms with Crippen LogP contribution in [0.4, 0.5) is 0 Å². The van der Waals surface area contributed by atoms with Crippen molar-refractivity contribution in [2.45, 2.75) is 31.6 Å². The zero-order chi connectivity index (χ0) is 11.1. The number of carbonyl (C=O) groups is 1. The summed E-state index contributed by atoms with van der Waals surface area (Å²) in [7, 11) is 0. The number of azide groups is 1. The smallest absolute Gasteiger partial charge is 0.163 e. The molecule has 0 rings (SSSR count). The van der Waals surface area contributed by atoms with Gasteiger partial charge in [-0.15, -0.1) is 6.04 Å². The number of hydrogen-bond donors (Lipinski definition) is 2. The Morgan fingerprint density at radius 1 is 1.60 bits per heavy atom. The Morgan fingerprint density at radius 2 is 2.13 bits per heavy atom. The molecule has 2 unspecified atom stereocenters. The average molecular weight is 428 g/mol. The van der Waals surface area contributed by atoms with E-state index in [4.69, 9.17) is 11.3 Å². The number of Topliss-reactive ketones (excluding diaryl/α,β-unsaturated/α-hetero) is 1. The van der Waals surface area contributed by atoms with E-state index < -0.39 is 24.0 Å². The van der Waals surface area contributed by atoms with Crippen molar-refractivity contribution >= 4 is 5.78 Å². The van der Waals surface area contributed by atoms with Crippen LogP contribution < -0.4 is 0 Å². The summed E-state index contributed by atoms with van der Waals surface area (Å²) < 4.78 is 0. The standard InChI is InChI=1S/C7H13N4O3.Ac/c1-2-5(12)7(14)6(13)4(8)3-10-11-9;/h4,6-8,13-14H,2-3H2,1H3;/q-1;/t4?,6?,7-;/m0./s1. The van der Waals surface area contributed by atoms with Crippen molar-refractivity contribution in [2.75, 3.05) is 6.54 Å². The molecule has 7 nitrogen and oxygen atoms in total. The summed E-state index contributed by atoms with van der Waals surface area (Å²) in [4.78, 5) is 13.3. The zero-order valence-corrected chi connectivity index (χ0v) is 13.1. The summed E-state index contributed by atoms with van der Waals surface area (Å²) in [6.07, 6.45) is -2.99. The maximum atomic E-state index is 10.9. The van der Waals surface area contributed by atoms with Gasteiger partial charge in [0.05, 0.1) is 6.10 Å². The SMILES string of the molecule is CCC(=O)[C@H](O)C(O)C([NH-])CN=[N+]=[N-].[Ac]. The Morgan fingerprint density at radius 3 is 2.53 bits per heavy atom. The molecular formula is C7H13AcN4O3-. The molecule has 83 valence electrons. The van der Waals surface area contributed by atoms with E-state index in [-0.39, 0.29) is 57.0 Å². The molecule has 0 aromatic rings. The molecule has 3 N–H and O–H groups in total. The Hall–Kier alpha value is 0.302. The molecule has 0 saturated carbocycles. The quantitative estimate of drug-likeness (QED) is 0.361. The van der Waals surface area contributed by atoms with Crippen molar-refractivity contribution < 1.29 is 59.1 Å². The first-order valence-corrected chi connectivity index (χ1v) is 4.15. The van der Waals surface area contributed by atoms with Crippen LogP contribution in [0.5, 0.6) is 0 Å². The van der Waals surface area contributed by atoms with Gasteiger partial charge in [-0.2, -0.15) is 0 Å². The zero-order valence-electron chi connectivity index (χ0n) is 8.37. The minimum Gasteiger partial charge on any atom is -0.672 e. The van der Waals surface area contributed by atoms with Gasteiger partial charge in [-0.25, -0.2) is 0 Å². The second kappa shape index (κ2) is 9.52. The second-order valence-corrected chi connectivity index (χ2v) is 2.78. The second-order valence-electron chi connectivity index (χ2n) is 2.78. The predicted molar refractivity (Wildman–Crippen MR) is 49.4 cm³/mol. The minimum absolute atomic E-state index is 0. The summed E-state index contributed by atoms with van der Waals surface area (Å²) >= 11 is 0. The third-order valence-corrected chi connectivity index (χ3v) is 1.76. The molecule has 0 aliphatic heterocycles. The van der Waals surface area contributed by atoms with E-state index in [2.05, 4.69) is 10.0 Å². The Kier molecular flexibility index (Phi) is 11.2. The molecule has 0 fully saturated rings. The van der Waals surface area contributed by atoms with Gasteiger partial charge in [-0.3, -0.25) is 4.79 Å². The molecule has 0 heterocycles. The van der Waals surface area contributed by atoms with Crippen molar-refractivity contribution in [3.8, 4) is 0 Å². The van der Waals surface area contributed by atoms with Gasteiger partial charge in [-0.05, 0) is 5.53 Å². The summed E-state index contributed by atoms with van der Waals surface area (Å²) in [6, 6.07) is -1.18. The van der Waals surface area contributed by atoms with Gasteiger partial charge in [0.2, 0.25) is 0 Å². The molecule has 1 radical (unpaired) electrons. The van der Waals surface area contributed by atoms with E-state index in [1.165, 1.54) is 0 Å². The summed E-state index contributed by atoms with van der Waals surface area (Å²) in [5.41, 5.74) is 15.2. The molecule has 0 aromatic carbocycles. The van der Waals surface area contributed by atoms with E-state index in [1.54, 1.807) is 6.92 Å². The molecule has 0 aliphatic rings. The number of nitrogens with zero attached hydrogens (tertiary/aromatic N) is 3. The maximum Gasteiger partial charge on any atom is 0.163 e. The Labute approximate surface area is 123 Å². The topological polar surface area (TPSA) is 130 Å². The van der Waals surface area contributed by atoms with Gasteiger partial charge in [0, 0.05) is 61.9 Å². The van der Waals surface area contributed by atoms with E-state index >= 15 is 0 Å². The summed E-state index contributed by atoms with van der Waals surface area (Å²) in [5, 5.41) is 21.5. The van der Waals surface area contributed by atoms with Crippen LogP contribution >= 0.6 is 0 Å². The van der Waals surface area contributed by atoms with Crippen molar-refractivity contribution in [1.82, 2.24) is 0 Å². The molecule has 3 atom stereocenters. The monoisotopic (exact) mass is 428 g/mol. The Bertz CT molecular complexity index is 244. The first-order chi connectivity index (χ1) is 6.54. The first-order valence-electron chi connectivity index (χ1n) is 4.15. The van der Waals surface area contributed by atoms with Crippen molar-refractivity contribution in [3.05, 3.63) is 16.2 Å². The normalized spacial score (nSPS) is 15.5. The average Bonchev–Trinajstić information content (AvgIpc) is 2.22. The van der Waals surface area contributed by atoms with Gasteiger partial charge in [0.25, 0.3) is 0 Å². The molecular weight excluding hydrogens is 415 g/mol. The van der Waals surface area contributed by atoms with Crippen LogP contribution in [0, 0.1) is 44.1 Å². The van der Waals surface area contributed by atoms with Crippen LogP contribution in [0.2, 0.25) is 0 Å². The molecule has 0 spiro atoms. The molecule has 0 aliphatic carbocycles. The van der Waals surface area contributed by atoms with Crippen LogP contribution in [-0.4, -0.2) is 40.8 Å². The third-order valence-electron chi connectivity index (χ3n) is 1.76. The molecule has 0 amide bonds. The predicted octanol–water partition coefficient (Wildman–Crippen LogP) is 0.418. The molecule has 0 bridgehead atoms. The van der Waals surface area contributed by atoms with Gasteiger partial charge < -0.3 is 15.9 Å². The van der Waals surface area contributed by atoms with Gasteiger partial charge >= 0.3 is 0 Å². The van der Waals surface area contributed by atoms with E-state index in [9.17, 15) is 15.0 Å². The van der Waals surface area contributed by atoms with Gasteiger partial charge in [0.15, 0.2) is 5.78 Å². The number of ketones is 1. The van der Waals surface area contributed by atoms with Gasteiger partial charge in [0.1, 0.15) is 6.10 Å². The van der Waals surface area contributed by atoms with Crippen LogP contribution in [0.3, 0.4) is 0 Å². The van der Waals surface area contributed by atoms with Crippen LogP contribution in [0.15, 0.2) is 5.11 Å². The van der Waals surface area contributed by atoms with Crippen LogP contribution in [-0.2, 0) is 4.79 Å². The van der Waals surface area contributed by atoms with Crippen molar-refractivity contribution in [2.24, 2.45) is 5.11 Å². The van der Waals surface area contributed by atoms with Crippen molar-refractivity contribution in [1.29, 1.82) is 0 Å². The number of aliphatic hydroxyl groups excluding tert-OH is 2. The summed E-state index contributed by atoms with van der Waals surface area (Å²) in [5.74, 6) is -0.532. The fourth-order valence-electron chi connectivity index (χ4n) is 0.852. The van der Waals surface area contributed by atoms with Crippen LogP contribution in [0.25, 0.3) is 16.2 Å². The first kappa shape index (κ1) is 17.7. The molecule has 0 aromatic heterocycles. The van der Waals surface area contributed by atoms with E-state index in [0.717, 1.165) is 0 Å². The minimum atomic E-state index is -1.57. The summed E-state index contributed by atoms with van der Waals surface area (Å²) in [6.45, 7) is 1.27. The fourth-order valence-corrected chi connectivity index (χ4v) is 0.852. The maximum absolute atomic E-state index is 10.9. The van der Waals surface area contributed by atoms with E-state index in [1.807, 2.05) is 0 Å². The number of rotatable bonds is 6. The van der Waals surface area contributed by atoms with E-state index in [0.29, 0.717) is 0 Å². The molecule has 0 saturated heterocycles. The van der Waals surface area contributed by atoms with Gasteiger partial charge in [-0.1, -0.05) is 12.0 Å². The molecule has 15 heavy (non-hydrogen) atoms. The van der Waals surface area contributed by atoms with Crippen molar-refractivity contribution in [3.63, 3.8) is 0 Å². The fraction of sp³-hybridized carbons (Fsp3) is 0.857. The third kappa shape index (κ3) is 6.46. The van der Waals surface area contributed by atoms with Crippen LogP contribution in [0.1, 0.15) is 13.3 Å². The number of hydrogen-bond acceptors (Lipinski definition) is 4.